The van der Waals surface area contributed by atoms with Crippen molar-refractivity contribution in [1.29, 1.82) is 0 Å². The molecule has 2 aliphatic rings. The van der Waals surface area contributed by atoms with E-state index in [0.717, 1.165) is 53.7 Å². The monoisotopic (exact) mass is 319 g/mol. The molecule has 1 heterocycles. The number of hydrogen-bond acceptors (Lipinski definition) is 4. The molecule has 1 aliphatic carbocycles. The topological polar surface area (TPSA) is 61.7 Å². The summed E-state index contributed by atoms with van der Waals surface area (Å²) in [4.78, 5) is 0. The lowest BCUT2D eigenvalue weighted by molar-refractivity contribution is -0.0267. The number of phenols is 1. The summed E-state index contributed by atoms with van der Waals surface area (Å²) in [5, 5.41) is 20.2. The molecule has 4 heteroatoms. The fourth-order valence-electron chi connectivity index (χ4n) is 4.27. The number of benzene rings is 1. The summed E-state index contributed by atoms with van der Waals surface area (Å²) in [7, 11) is 0. The molecule has 0 amide bonds. The van der Waals surface area contributed by atoms with Crippen molar-refractivity contribution < 1.29 is 15.1 Å². The fourth-order valence-corrected chi connectivity index (χ4v) is 4.27. The molecule has 3 rings (SSSR count). The van der Waals surface area contributed by atoms with Crippen LogP contribution in [0.25, 0.3) is 0 Å². The van der Waals surface area contributed by atoms with Gasteiger partial charge in [0.2, 0.25) is 0 Å². The van der Waals surface area contributed by atoms with Crippen LogP contribution in [0.3, 0.4) is 0 Å². The lowest BCUT2D eigenvalue weighted by Crippen LogP contribution is -2.46. The van der Waals surface area contributed by atoms with Crippen LogP contribution in [0.1, 0.15) is 87.5 Å². The second-order valence-electron chi connectivity index (χ2n) is 7.75. The van der Waals surface area contributed by atoms with Gasteiger partial charge in [-0.3, -0.25) is 0 Å². The zero-order chi connectivity index (χ0) is 16.8. The van der Waals surface area contributed by atoms with Crippen molar-refractivity contribution >= 4 is 0 Å². The summed E-state index contributed by atoms with van der Waals surface area (Å²) in [5.74, 6) is 1.73. The van der Waals surface area contributed by atoms with Gasteiger partial charge in [-0.2, -0.15) is 0 Å². The molecule has 1 aliphatic heterocycles. The minimum Gasteiger partial charge on any atom is -0.507 e. The minimum absolute atomic E-state index is 0.00330. The Morgan fingerprint density at radius 1 is 1.09 bits per heavy atom. The van der Waals surface area contributed by atoms with Crippen molar-refractivity contribution in [1.82, 2.24) is 5.48 Å². The maximum Gasteiger partial charge on any atom is 0.128 e. The van der Waals surface area contributed by atoms with E-state index in [1.54, 1.807) is 0 Å². The second kappa shape index (κ2) is 5.99. The highest BCUT2D eigenvalue weighted by atomic mass is 16.5. The number of aromatic hydroxyl groups is 1. The van der Waals surface area contributed by atoms with E-state index in [0.29, 0.717) is 12.3 Å². The zero-order valence-corrected chi connectivity index (χ0v) is 14.7. The fraction of sp³-hybridized carbons (Fsp3) is 0.684. The Kier molecular flexibility index (Phi) is 4.32. The molecule has 0 aromatic heterocycles. The summed E-state index contributed by atoms with van der Waals surface area (Å²) in [5.41, 5.74) is 6.27. The van der Waals surface area contributed by atoms with Gasteiger partial charge in [-0.05, 0) is 43.9 Å². The third kappa shape index (κ3) is 2.62. The number of phenolic OH excluding ortho intramolecular Hbond substituents is 1. The van der Waals surface area contributed by atoms with Gasteiger partial charge in [0, 0.05) is 28.8 Å². The Morgan fingerprint density at radius 2 is 1.74 bits per heavy atom. The van der Waals surface area contributed by atoms with Gasteiger partial charge in [-0.25, -0.2) is 5.48 Å². The number of hydrogen-bond donors (Lipinski definition) is 3. The van der Waals surface area contributed by atoms with Crippen molar-refractivity contribution in [2.24, 2.45) is 0 Å². The molecule has 0 atom stereocenters. The van der Waals surface area contributed by atoms with Gasteiger partial charge in [-0.1, -0.05) is 27.7 Å². The van der Waals surface area contributed by atoms with Crippen molar-refractivity contribution in [3.63, 3.8) is 0 Å². The summed E-state index contributed by atoms with van der Waals surface area (Å²) in [6, 6.07) is 0. The average molecular weight is 319 g/mol. The van der Waals surface area contributed by atoms with Crippen LogP contribution in [0.5, 0.6) is 11.5 Å². The maximum absolute atomic E-state index is 10.9. The van der Waals surface area contributed by atoms with E-state index in [4.69, 9.17) is 4.74 Å². The first-order valence-corrected chi connectivity index (χ1v) is 8.86. The van der Waals surface area contributed by atoms with Crippen molar-refractivity contribution in [3.8, 4) is 11.5 Å². The molecule has 0 bridgehead atoms. The molecule has 0 unspecified atom stereocenters. The highest BCUT2D eigenvalue weighted by Gasteiger charge is 2.44. The Balaban J connectivity index is 2.23. The third-order valence-electron chi connectivity index (χ3n) is 5.53. The molecule has 23 heavy (non-hydrogen) atoms. The summed E-state index contributed by atoms with van der Waals surface area (Å²) in [6.07, 6.45) is 5.45. The molecule has 0 saturated heterocycles. The molecule has 1 fully saturated rings. The number of fused-ring (bicyclic) bond motifs is 1. The molecule has 1 saturated carbocycles. The molecule has 1 aromatic rings. The number of ether oxygens (including phenoxy) is 1. The molecular formula is C19H29NO3. The SMILES string of the molecule is CC(C)c1c(O)c(C(C)C)c(CNO)c2c1CCC1(CCC1)O2. The molecule has 3 N–H and O–H groups in total. The van der Waals surface area contributed by atoms with Crippen LogP contribution < -0.4 is 10.2 Å². The van der Waals surface area contributed by atoms with Gasteiger partial charge >= 0.3 is 0 Å². The normalized spacial score (nSPS) is 18.9. The average Bonchev–Trinajstić information content (AvgIpc) is 2.44. The Bertz CT molecular complexity index is 603. The first-order chi connectivity index (χ1) is 10.9. The first-order valence-electron chi connectivity index (χ1n) is 8.86. The number of nitrogens with one attached hydrogen (secondary N) is 1. The van der Waals surface area contributed by atoms with Crippen LogP contribution in [0.2, 0.25) is 0 Å². The summed E-state index contributed by atoms with van der Waals surface area (Å²) >= 11 is 0. The van der Waals surface area contributed by atoms with Gasteiger partial charge < -0.3 is 15.1 Å². The highest BCUT2D eigenvalue weighted by Crippen LogP contribution is 2.52. The number of hydroxylamine groups is 1. The van der Waals surface area contributed by atoms with Crippen LogP contribution in [0, 0.1) is 0 Å². The third-order valence-corrected chi connectivity index (χ3v) is 5.53. The Hall–Kier alpha value is -1.26. The second-order valence-corrected chi connectivity index (χ2v) is 7.75. The van der Waals surface area contributed by atoms with E-state index >= 15 is 0 Å². The minimum atomic E-state index is -0.00330. The molecule has 1 spiro atoms. The van der Waals surface area contributed by atoms with Crippen LogP contribution in [-0.2, 0) is 13.0 Å². The number of rotatable bonds is 4. The zero-order valence-electron chi connectivity index (χ0n) is 14.7. The summed E-state index contributed by atoms with van der Waals surface area (Å²) < 4.78 is 6.51. The smallest absolute Gasteiger partial charge is 0.128 e. The Labute approximate surface area is 138 Å². The molecular weight excluding hydrogens is 290 g/mol. The van der Waals surface area contributed by atoms with Crippen LogP contribution in [0.4, 0.5) is 0 Å². The Morgan fingerprint density at radius 3 is 2.22 bits per heavy atom. The van der Waals surface area contributed by atoms with Crippen molar-refractivity contribution in [2.75, 3.05) is 0 Å². The molecule has 4 nitrogen and oxygen atoms in total. The molecule has 128 valence electrons. The molecule has 0 radical (unpaired) electrons. The van der Waals surface area contributed by atoms with E-state index in [9.17, 15) is 10.3 Å². The van der Waals surface area contributed by atoms with Crippen molar-refractivity contribution in [3.05, 3.63) is 22.3 Å². The molecule has 1 aromatic carbocycles. The van der Waals surface area contributed by atoms with Gasteiger partial charge in [-0.15, -0.1) is 0 Å². The quantitative estimate of drug-likeness (QED) is 0.721. The van der Waals surface area contributed by atoms with E-state index in [2.05, 4.69) is 33.2 Å². The first kappa shape index (κ1) is 16.6. The van der Waals surface area contributed by atoms with Crippen LogP contribution in [0.15, 0.2) is 0 Å². The maximum atomic E-state index is 10.9. The van der Waals surface area contributed by atoms with Gasteiger partial charge in [0.15, 0.2) is 0 Å². The predicted octanol–water partition coefficient (Wildman–Crippen LogP) is 4.37. The van der Waals surface area contributed by atoms with E-state index in [1.165, 1.54) is 6.42 Å². The lowest BCUT2D eigenvalue weighted by atomic mass is 9.72. The van der Waals surface area contributed by atoms with Gasteiger partial charge in [0.1, 0.15) is 17.1 Å². The van der Waals surface area contributed by atoms with Gasteiger partial charge in [0.05, 0.1) is 0 Å². The van der Waals surface area contributed by atoms with E-state index in [-0.39, 0.29) is 17.4 Å². The van der Waals surface area contributed by atoms with Crippen LogP contribution in [-0.4, -0.2) is 15.9 Å². The van der Waals surface area contributed by atoms with Gasteiger partial charge in [0.25, 0.3) is 0 Å². The standard InChI is InChI=1S/C19H29NO3/c1-11(2)15-13-6-9-19(7-5-8-19)23-18(13)14(10-20-22)16(12(3)4)17(15)21/h11-12,20-22H,5-10H2,1-4H3. The largest absolute Gasteiger partial charge is 0.507 e. The van der Waals surface area contributed by atoms with E-state index < -0.39 is 0 Å². The van der Waals surface area contributed by atoms with E-state index in [1.807, 2.05) is 0 Å². The van der Waals surface area contributed by atoms with Crippen molar-refractivity contribution in [2.45, 2.75) is 83.8 Å². The lowest BCUT2D eigenvalue weighted by Gasteiger charge is -2.47. The highest BCUT2D eigenvalue weighted by molar-refractivity contribution is 5.61. The predicted molar refractivity (Wildman–Crippen MR) is 90.4 cm³/mol. The van der Waals surface area contributed by atoms with Crippen LogP contribution >= 0.6 is 0 Å². The summed E-state index contributed by atoms with van der Waals surface area (Å²) in [6.45, 7) is 8.70.